The second-order valence-electron chi connectivity index (χ2n) is 4.75. The lowest BCUT2D eigenvalue weighted by molar-refractivity contribution is -0.332. The molecule has 1 aromatic rings. The van der Waals surface area contributed by atoms with Gasteiger partial charge in [-0.1, -0.05) is 11.3 Å². The molecule has 126 valence electrons. The topological polar surface area (TPSA) is 16.1 Å². The Bertz CT molecular complexity index is 528. The molecule has 1 fully saturated rings. The maximum absolute atomic E-state index is 12.9. The molecule has 1 aliphatic heterocycles. The molecule has 1 aliphatic rings. The lowest BCUT2D eigenvalue weighted by atomic mass is 9.85. The van der Waals surface area contributed by atoms with Crippen LogP contribution in [0.5, 0.6) is 0 Å². The van der Waals surface area contributed by atoms with Crippen LogP contribution in [0.4, 0.5) is 44.6 Å². The van der Waals surface area contributed by atoms with Gasteiger partial charge in [0.1, 0.15) is 4.88 Å². The molecule has 2 heterocycles. The van der Waals surface area contributed by atoms with Crippen LogP contribution in [0.1, 0.15) is 11.3 Å². The molecule has 0 amide bonds. The Morgan fingerprint density at radius 1 is 1.00 bits per heavy atom. The zero-order chi connectivity index (χ0) is 17.0. The molecule has 0 aliphatic carbocycles. The van der Waals surface area contributed by atoms with E-state index in [9.17, 15) is 39.5 Å². The van der Waals surface area contributed by atoms with Crippen LogP contribution in [-0.2, 0) is 6.18 Å². The van der Waals surface area contributed by atoms with E-state index in [1.165, 1.54) is 0 Å². The Labute approximate surface area is 121 Å². The molecule has 0 radical (unpaired) electrons. The zero-order valence-corrected chi connectivity index (χ0v) is 11.2. The summed E-state index contributed by atoms with van der Waals surface area (Å²) in [7, 11) is 0. The Hall–Kier alpha value is -1.20. The highest BCUT2D eigenvalue weighted by Crippen LogP contribution is 2.56. The van der Waals surface area contributed by atoms with Crippen molar-refractivity contribution in [3.05, 3.63) is 11.1 Å². The number of hydrogen-bond acceptors (Lipinski definition) is 3. The molecular formula is C10H7F9N2S. The third kappa shape index (κ3) is 2.72. The number of alkyl halides is 9. The first-order chi connectivity index (χ1) is 9.78. The van der Waals surface area contributed by atoms with Crippen LogP contribution in [0.2, 0.25) is 0 Å². The largest absolute Gasteiger partial charge is 0.427 e. The van der Waals surface area contributed by atoms with E-state index in [2.05, 4.69) is 4.98 Å². The maximum atomic E-state index is 12.9. The third-order valence-corrected chi connectivity index (χ3v) is 4.50. The van der Waals surface area contributed by atoms with Gasteiger partial charge in [-0.3, -0.25) is 0 Å². The molecular weight excluding hydrogens is 351 g/mol. The summed E-state index contributed by atoms with van der Waals surface area (Å²) in [6.07, 6.45) is -16.7. The molecule has 0 spiro atoms. The number of anilines is 1. The Morgan fingerprint density at radius 2 is 1.55 bits per heavy atom. The summed E-state index contributed by atoms with van der Waals surface area (Å²) in [6.45, 7) is -2.17. The molecule has 2 rings (SSSR count). The number of thiazole rings is 1. The number of nitrogens with zero attached hydrogens (tertiary/aromatic N) is 2. The Kier molecular flexibility index (Phi) is 3.82. The van der Waals surface area contributed by atoms with Crippen molar-refractivity contribution in [1.29, 1.82) is 0 Å². The van der Waals surface area contributed by atoms with E-state index in [4.69, 9.17) is 0 Å². The van der Waals surface area contributed by atoms with Crippen LogP contribution >= 0.6 is 11.3 Å². The van der Waals surface area contributed by atoms with Gasteiger partial charge in [-0.2, -0.15) is 39.5 Å². The highest BCUT2D eigenvalue weighted by molar-refractivity contribution is 7.15. The second kappa shape index (κ2) is 4.90. The first-order valence-electron chi connectivity index (χ1n) is 5.69. The van der Waals surface area contributed by atoms with Crippen molar-refractivity contribution in [3.63, 3.8) is 0 Å². The average molecular weight is 358 g/mol. The van der Waals surface area contributed by atoms with Crippen LogP contribution in [0.25, 0.3) is 0 Å². The monoisotopic (exact) mass is 358 g/mol. The van der Waals surface area contributed by atoms with Gasteiger partial charge in [0, 0.05) is 13.1 Å². The molecule has 0 saturated carbocycles. The van der Waals surface area contributed by atoms with Crippen molar-refractivity contribution in [2.75, 3.05) is 18.0 Å². The van der Waals surface area contributed by atoms with Crippen molar-refractivity contribution < 1.29 is 39.5 Å². The molecule has 0 N–H and O–H groups in total. The minimum Gasteiger partial charge on any atom is -0.347 e. The van der Waals surface area contributed by atoms with Crippen LogP contribution in [0.3, 0.4) is 0 Å². The van der Waals surface area contributed by atoms with Gasteiger partial charge in [0.25, 0.3) is 0 Å². The van der Waals surface area contributed by atoms with E-state index in [-0.39, 0.29) is 11.3 Å². The minimum absolute atomic E-state index is 0.0142. The molecule has 0 aromatic carbocycles. The SMILES string of the molecule is FC(F)(F)c1cnc(N2CCC(C(F)(F)F)(C(F)(F)F)C2)s1. The highest BCUT2D eigenvalue weighted by Gasteiger charge is 2.72. The average Bonchev–Trinajstić information content (AvgIpc) is 2.93. The first kappa shape index (κ1) is 17.2. The van der Waals surface area contributed by atoms with Crippen LogP contribution < -0.4 is 4.90 Å². The summed E-state index contributed by atoms with van der Waals surface area (Å²) in [4.78, 5) is 2.69. The van der Waals surface area contributed by atoms with E-state index in [1.54, 1.807) is 0 Å². The zero-order valence-electron chi connectivity index (χ0n) is 10.4. The summed E-state index contributed by atoms with van der Waals surface area (Å²) in [6, 6.07) is 0. The lowest BCUT2D eigenvalue weighted by Crippen LogP contribution is -2.51. The molecule has 22 heavy (non-hydrogen) atoms. The number of halogens is 9. The summed E-state index contributed by atoms with van der Waals surface area (Å²) in [5.74, 6) is 0. The molecule has 1 aromatic heterocycles. The summed E-state index contributed by atoms with van der Waals surface area (Å²) in [5, 5.41) is -0.511. The Morgan fingerprint density at radius 3 is 1.91 bits per heavy atom. The molecule has 0 unspecified atom stereocenters. The second-order valence-corrected chi connectivity index (χ2v) is 5.76. The van der Waals surface area contributed by atoms with Gasteiger partial charge in [0.2, 0.25) is 0 Å². The standard InChI is InChI=1S/C10H7F9N2S/c11-8(12,13)5-3-20-6(22-5)21-2-1-7(4-21,9(14,15)16)10(17,18)19/h3H,1-2,4H2. The Balaban J connectivity index is 2.30. The molecule has 0 atom stereocenters. The van der Waals surface area contributed by atoms with E-state index < -0.39 is 53.5 Å². The van der Waals surface area contributed by atoms with Crippen molar-refractivity contribution in [1.82, 2.24) is 4.98 Å². The quantitative estimate of drug-likeness (QED) is 0.688. The van der Waals surface area contributed by atoms with E-state index in [1.807, 2.05) is 0 Å². The van der Waals surface area contributed by atoms with E-state index >= 15 is 0 Å². The maximum Gasteiger partial charge on any atom is 0.427 e. The van der Waals surface area contributed by atoms with E-state index in [0.29, 0.717) is 11.1 Å². The summed E-state index contributed by atoms with van der Waals surface area (Å²) < 4.78 is 114. The minimum atomic E-state index is -5.55. The lowest BCUT2D eigenvalue weighted by Gasteiger charge is -2.33. The van der Waals surface area contributed by atoms with Gasteiger partial charge in [-0.05, 0) is 6.42 Å². The van der Waals surface area contributed by atoms with Crippen LogP contribution in [-0.4, -0.2) is 30.4 Å². The molecule has 0 bridgehead atoms. The van der Waals surface area contributed by atoms with E-state index in [0.717, 1.165) is 0 Å². The van der Waals surface area contributed by atoms with Crippen LogP contribution in [0.15, 0.2) is 6.20 Å². The van der Waals surface area contributed by atoms with Gasteiger partial charge in [-0.25, -0.2) is 4.98 Å². The number of rotatable bonds is 1. The normalized spacial score (nSPS) is 19.8. The number of aromatic nitrogens is 1. The fourth-order valence-corrected chi connectivity index (χ4v) is 2.95. The predicted molar refractivity (Wildman–Crippen MR) is 58.5 cm³/mol. The van der Waals surface area contributed by atoms with Gasteiger partial charge >= 0.3 is 18.5 Å². The molecule has 12 heteroatoms. The molecule has 2 nitrogen and oxygen atoms in total. The van der Waals surface area contributed by atoms with Crippen molar-refractivity contribution in [2.45, 2.75) is 24.9 Å². The predicted octanol–water partition coefficient (Wildman–Crippen LogP) is 4.48. The fourth-order valence-electron chi connectivity index (χ4n) is 2.14. The van der Waals surface area contributed by atoms with Crippen molar-refractivity contribution >= 4 is 16.5 Å². The molecule has 1 saturated heterocycles. The first-order valence-corrected chi connectivity index (χ1v) is 6.51. The van der Waals surface area contributed by atoms with Gasteiger partial charge in [-0.15, -0.1) is 0 Å². The smallest absolute Gasteiger partial charge is 0.347 e. The van der Waals surface area contributed by atoms with Gasteiger partial charge < -0.3 is 4.90 Å². The van der Waals surface area contributed by atoms with Crippen molar-refractivity contribution in [3.8, 4) is 0 Å². The summed E-state index contributed by atoms with van der Waals surface area (Å²) >= 11 is 0.0142. The van der Waals surface area contributed by atoms with Gasteiger partial charge in [0.05, 0.1) is 6.20 Å². The van der Waals surface area contributed by atoms with Crippen molar-refractivity contribution in [2.24, 2.45) is 5.41 Å². The van der Waals surface area contributed by atoms with Crippen LogP contribution in [0, 0.1) is 5.41 Å². The number of hydrogen-bond donors (Lipinski definition) is 0. The summed E-state index contributed by atoms with van der Waals surface area (Å²) in [5.41, 5.74) is -3.95. The fraction of sp³-hybridized carbons (Fsp3) is 0.700. The van der Waals surface area contributed by atoms with Gasteiger partial charge in [0.15, 0.2) is 10.5 Å². The highest BCUT2D eigenvalue weighted by atomic mass is 32.1. The third-order valence-electron chi connectivity index (χ3n) is 3.40.